The van der Waals surface area contributed by atoms with Gasteiger partial charge in [-0.25, -0.2) is 0 Å². The molecule has 2 nitrogen and oxygen atoms in total. The molecule has 0 saturated carbocycles. The summed E-state index contributed by atoms with van der Waals surface area (Å²) in [6, 6.07) is 4.46. The van der Waals surface area contributed by atoms with Gasteiger partial charge in [0, 0.05) is 19.6 Å². The second-order valence-electron chi connectivity index (χ2n) is 5.65. The van der Waals surface area contributed by atoms with E-state index in [1.807, 2.05) is 6.92 Å². The summed E-state index contributed by atoms with van der Waals surface area (Å²) >= 11 is 3.53. The van der Waals surface area contributed by atoms with Crippen molar-refractivity contribution in [2.75, 3.05) is 19.6 Å². The van der Waals surface area contributed by atoms with Crippen LogP contribution in [-0.2, 0) is 0 Å². The second-order valence-corrected chi connectivity index (χ2v) is 7.21. The zero-order valence-electron chi connectivity index (χ0n) is 12.3. The Labute approximate surface area is 134 Å². The summed E-state index contributed by atoms with van der Waals surface area (Å²) in [5.41, 5.74) is 5.72. The van der Waals surface area contributed by atoms with Gasteiger partial charge in [0.1, 0.15) is 0 Å². The minimum absolute atomic E-state index is 0.233. The number of nitrogens with zero attached hydrogens (tertiary/aromatic N) is 1. The molecule has 3 rings (SSSR count). The smallest absolute Gasteiger partial charge is 0.0639 e. The van der Waals surface area contributed by atoms with Crippen LogP contribution in [0.4, 0.5) is 0 Å². The van der Waals surface area contributed by atoms with Crippen LogP contribution in [0.15, 0.2) is 39.2 Å². The Balaban J connectivity index is 1.84. The van der Waals surface area contributed by atoms with Crippen LogP contribution in [0, 0.1) is 0 Å². The molecule has 1 fully saturated rings. The molecule has 0 radical (unpaired) electrons. The molecule has 2 aromatic rings. The highest BCUT2D eigenvalue weighted by Gasteiger charge is 2.20. The number of rotatable bonds is 4. The van der Waals surface area contributed by atoms with E-state index in [-0.39, 0.29) is 6.10 Å². The zero-order valence-corrected chi connectivity index (χ0v) is 13.9. The molecule has 0 aliphatic carbocycles. The normalized spacial score (nSPS) is 17.9. The van der Waals surface area contributed by atoms with Crippen LogP contribution in [-0.4, -0.2) is 35.7 Å². The lowest BCUT2D eigenvalue weighted by atomic mass is 9.91. The van der Waals surface area contributed by atoms with E-state index < -0.39 is 0 Å². The summed E-state index contributed by atoms with van der Waals surface area (Å²) in [4.78, 5) is 2.37. The Bertz CT molecular complexity index is 538. The third-order valence-electron chi connectivity index (χ3n) is 3.96. The van der Waals surface area contributed by atoms with Gasteiger partial charge in [-0.1, -0.05) is 5.57 Å². The maximum atomic E-state index is 9.53. The molecule has 2 aromatic heterocycles. The number of aliphatic hydroxyl groups is 1. The first-order valence-electron chi connectivity index (χ1n) is 7.41. The molecule has 4 heteroatoms. The van der Waals surface area contributed by atoms with E-state index in [0.717, 1.165) is 32.5 Å². The number of piperidine rings is 1. The van der Waals surface area contributed by atoms with E-state index in [9.17, 15) is 5.11 Å². The Morgan fingerprint density at radius 3 is 2.14 bits per heavy atom. The van der Waals surface area contributed by atoms with Crippen molar-refractivity contribution >= 4 is 28.2 Å². The topological polar surface area (TPSA) is 23.5 Å². The molecule has 0 spiro atoms. The quantitative estimate of drug-likeness (QED) is 0.917. The molecule has 1 aliphatic rings. The molecule has 21 heavy (non-hydrogen) atoms. The summed E-state index contributed by atoms with van der Waals surface area (Å²) in [7, 11) is 0. The number of aliphatic hydroxyl groups excluding tert-OH is 1. The first kappa shape index (κ1) is 15.0. The monoisotopic (exact) mass is 319 g/mol. The SMILES string of the molecule is CC(O)CN1CCC(=C(c2ccsc2)c2ccsc2)CC1. The Morgan fingerprint density at radius 2 is 1.71 bits per heavy atom. The van der Waals surface area contributed by atoms with Gasteiger partial charge in [0.15, 0.2) is 0 Å². The summed E-state index contributed by atoms with van der Waals surface area (Å²) in [5.74, 6) is 0. The van der Waals surface area contributed by atoms with Crippen molar-refractivity contribution in [3.63, 3.8) is 0 Å². The predicted molar refractivity (Wildman–Crippen MR) is 92.0 cm³/mol. The van der Waals surface area contributed by atoms with Crippen LogP contribution in [0.5, 0.6) is 0 Å². The maximum absolute atomic E-state index is 9.53. The fourth-order valence-corrected chi connectivity index (χ4v) is 4.31. The molecular weight excluding hydrogens is 298 g/mol. The largest absolute Gasteiger partial charge is 0.392 e. The van der Waals surface area contributed by atoms with Gasteiger partial charge < -0.3 is 10.0 Å². The molecule has 1 N–H and O–H groups in total. The number of thiophene rings is 2. The molecule has 1 atom stereocenters. The number of hydrogen-bond donors (Lipinski definition) is 1. The fourth-order valence-electron chi connectivity index (χ4n) is 3.02. The Morgan fingerprint density at radius 1 is 1.14 bits per heavy atom. The van der Waals surface area contributed by atoms with E-state index in [0.29, 0.717) is 0 Å². The van der Waals surface area contributed by atoms with Crippen LogP contribution in [0.3, 0.4) is 0 Å². The van der Waals surface area contributed by atoms with Crippen molar-refractivity contribution in [3.8, 4) is 0 Å². The van der Waals surface area contributed by atoms with Gasteiger partial charge in [0.2, 0.25) is 0 Å². The third kappa shape index (κ3) is 3.64. The highest BCUT2D eigenvalue weighted by atomic mass is 32.1. The van der Waals surface area contributed by atoms with Gasteiger partial charge >= 0.3 is 0 Å². The van der Waals surface area contributed by atoms with E-state index in [4.69, 9.17) is 0 Å². The zero-order chi connectivity index (χ0) is 14.7. The van der Waals surface area contributed by atoms with Crippen LogP contribution in [0.25, 0.3) is 5.57 Å². The van der Waals surface area contributed by atoms with Crippen molar-refractivity contribution in [1.82, 2.24) is 4.90 Å². The minimum atomic E-state index is -0.233. The molecule has 3 heterocycles. The lowest BCUT2D eigenvalue weighted by Crippen LogP contribution is -2.36. The lowest BCUT2D eigenvalue weighted by molar-refractivity contribution is 0.121. The lowest BCUT2D eigenvalue weighted by Gasteiger charge is -2.30. The highest BCUT2D eigenvalue weighted by molar-refractivity contribution is 7.08. The van der Waals surface area contributed by atoms with Crippen molar-refractivity contribution in [3.05, 3.63) is 50.4 Å². The first-order valence-corrected chi connectivity index (χ1v) is 9.30. The molecule has 1 saturated heterocycles. The van der Waals surface area contributed by atoms with Crippen LogP contribution in [0.1, 0.15) is 30.9 Å². The average molecular weight is 319 g/mol. The van der Waals surface area contributed by atoms with E-state index >= 15 is 0 Å². The van der Waals surface area contributed by atoms with Gasteiger partial charge in [-0.15, -0.1) is 0 Å². The van der Waals surface area contributed by atoms with Gasteiger partial charge in [-0.3, -0.25) is 0 Å². The van der Waals surface area contributed by atoms with Gasteiger partial charge in [-0.05, 0) is 70.1 Å². The van der Waals surface area contributed by atoms with Crippen molar-refractivity contribution in [2.24, 2.45) is 0 Å². The van der Waals surface area contributed by atoms with Crippen molar-refractivity contribution < 1.29 is 5.11 Å². The molecule has 1 unspecified atom stereocenters. The van der Waals surface area contributed by atoms with Gasteiger partial charge in [0.25, 0.3) is 0 Å². The van der Waals surface area contributed by atoms with Crippen LogP contribution in [0.2, 0.25) is 0 Å². The first-order chi connectivity index (χ1) is 10.2. The third-order valence-corrected chi connectivity index (χ3v) is 5.32. The summed E-state index contributed by atoms with van der Waals surface area (Å²) < 4.78 is 0. The minimum Gasteiger partial charge on any atom is -0.392 e. The summed E-state index contributed by atoms with van der Waals surface area (Å²) in [5, 5.41) is 18.3. The van der Waals surface area contributed by atoms with E-state index in [2.05, 4.69) is 38.6 Å². The summed E-state index contributed by atoms with van der Waals surface area (Å²) in [6.45, 7) is 4.77. The van der Waals surface area contributed by atoms with Crippen molar-refractivity contribution in [2.45, 2.75) is 25.9 Å². The molecule has 0 aromatic carbocycles. The van der Waals surface area contributed by atoms with Crippen molar-refractivity contribution in [1.29, 1.82) is 0 Å². The van der Waals surface area contributed by atoms with Crippen LogP contribution < -0.4 is 0 Å². The van der Waals surface area contributed by atoms with Crippen LogP contribution >= 0.6 is 22.7 Å². The fraction of sp³-hybridized carbons (Fsp3) is 0.412. The highest BCUT2D eigenvalue weighted by Crippen LogP contribution is 2.34. The summed E-state index contributed by atoms with van der Waals surface area (Å²) in [6.07, 6.45) is 1.98. The molecule has 0 amide bonds. The number of hydrogen-bond acceptors (Lipinski definition) is 4. The van der Waals surface area contributed by atoms with Gasteiger partial charge in [0.05, 0.1) is 6.10 Å². The Hall–Kier alpha value is -0.940. The molecule has 0 bridgehead atoms. The number of likely N-dealkylation sites (tertiary alicyclic amines) is 1. The predicted octanol–water partition coefficient (Wildman–Crippen LogP) is 4.09. The molecule has 1 aliphatic heterocycles. The molecule has 112 valence electrons. The number of β-amino-alcohol motifs (C(OH)–C–C–N with tert-alkyl or cyclic N) is 1. The van der Waals surface area contributed by atoms with Gasteiger partial charge in [-0.2, -0.15) is 22.7 Å². The Kier molecular flexibility index (Phi) is 4.91. The average Bonchev–Trinajstić information content (AvgIpc) is 3.14. The van der Waals surface area contributed by atoms with E-state index in [1.165, 1.54) is 16.7 Å². The second kappa shape index (κ2) is 6.88. The molecular formula is C17H21NOS2. The van der Waals surface area contributed by atoms with E-state index in [1.54, 1.807) is 28.2 Å². The maximum Gasteiger partial charge on any atom is 0.0639 e. The standard InChI is InChI=1S/C17H21NOS2/c1-13(19)10-18-6-2-14(3-7-18)17(15-4-8-20-11-15)16-5-9-21-12-16/h4-5,8-9,11-13,19H,2-3,6-7,10H2,1H3.